The van der Waals surface area contributed by atoms with Crippen LogP contribution >= 0.6 is 0 Å². The molecule has 1 aliphatic carbocycles. The number of pyridine rings is 1. The second-order valence-corrected chi connectivity index (χ2v) is 10.6. The molecule has 2 aromatic carbocycles. The van der Waals surface area contributed by atoms with Gasteiger partial charge in [-0.15, -0.1) is 0 Å². The number of rotatable bonds is 6. The fourth-order valence-electron chi connectivity index (χ4n) is 4.50. The van der Waals surface area contributed by atoms with Crippen LogP contribution in [0.1, 0.15) is 43.2 Å². The summed E-state index contributed by atoms with van der Waals surface area (Å²) in [5.41, 5.74) is 4.56. The van der Waals surface area contributed by atoms with Crippen LogP contribution in [0.3, 0.4) is 0 Å². The molecule has 2 heterocycles. The molecule has 2 aromatic heterocycles. The number of aryl methyl sites for hydroxylation is 2. The zero-order valence-electron chi connectivity index (χ0n) is 19.5. The quantitative estimate of drug-likeness (QED) is 0.340. The molecule has 6 nitrogen and oxygen atoms in total. The Balaban J connectivity index is 1.51. The molecule has 1 saturated carbocycles. The van der Waals surface area contributed by atoms with Crippen molar-refractivity contribution in [2.24, 2.45) is 0 Å². The van der Waals surface area contributed by atoms with E-state index < -0.39 is 10.1 Å². The van der Waals surface area contributed by atoms with Crippen LogP contribution in [-0.4, -0.2) is 23.8 Å². The topological polar surface area (TPSA) is 72.7 Å². The van der Waals surface area contributed by atoms with Crippen LogP contribution in [0.4, 0.5) is 5.82 Å². The normalized spacial score (nSPS) is 14.9. The lowest BCUT2D eigenvalue weighted by molar-refractivity contribution is 0.462. The second kappa shape index (κ2) is 9.14. The molecular formula is C27H29N3O3S. The van der Waals surface area contributed by atoms with E-state index in [0.717, 1.165) is 46.7 Å². The largest absolute Gasteiger partial charge is 0.379 e. The minimum absolute atomic E-state index is 0.131. The predicted octanol–water partition coefficient (Wildman–Crippen LogP) is 6.13. The molecule has 5 rings (SSSR count). The van der Waals surface area contributed by atoms with Gasteiger partial charge in [0.1, 0.15) is 27.8 Å². The highest BCUT2D eigenvalue weighted by molar-refractivity contribution is 7.87. The summed E-state index contributed by atoms with van der Waals surface area (Å²) in [6.45, 7) is 3.96. The number of anilines is 1. The highest BCUT2D eigenvalue weighted by Crippen LogP contribution is 2.34. The van der Waals surface area contributed by atoms with Gasteiger partial charge >= 0.3 is 10.1 Å². The molecule has 0 amide bonds. The van der Waals surface area contributed by atoms with Crippen molar-refractivity contribution in [2.75, 3.05) is 5.32 Å². The highest BCUT2D eigenvalue weighted by atomic mass is 32.2. The number of aromatic nitrogens is 2. The third-order valence-corrected chi connectivity index (χ3v) is 7.61. The number of imidazole rings is 1. The van der Waals surface area contributed by atoms with Gasteiger partial charge in [0, 0.05) is 17.8 Å². The zero-order chi connectivity index (χ0) is 23.7. The summed E-state index contributed by atoms with van der Waals surface area (Å²) < 4.78 is 33.2. The number of nitrogens with zero attached hydrogens (tertiary/aromatic N) is 2. The van der Waals surface area contributed by atoms with Crippen LogP contribution in [0.5, 0.6) is 5.75 Å². The van der Waals surface area contributed by atoms with E-state index in [2.05, 4.69) is 21.9 Å². The van der Waals surface area contributed by atoms with Crippen molar-refractivity contribution >= 4 is 21.6 Å². The molecule has 176 valence electrons. The van der Waals surface area contributed by atoms with Gasteiger partial charge in [-0.2, -0.15) is 8.42 Å². The number of hydrogen-bond donors (Lipinski definition) is 1. The van der Waals surface area contributed by atoms with Gasteiger partial charge in [-0.25, -0.2) is 4.98 Å². The molecule has 0 saturated heterocycles. The van der Waals surface area contributed by atoms with E-state index in [1.807, 2.05) is 26.1 Å². The van der Waals surface area contributed by atoms with E-state index in [0.29, 0.717) is 6.04 Å². The third-order valence-electron chi connectivity index (χ3n) is 6.35. The third kappa shape index (κ3) is 4.66. The lowest BCUT2D eigenvalue weighted by atomic mass is 9.95. The summed E-state index contributed by atoms with van der Waals surface area (Å²) in [4.78, 5) is 5.04. The number of fused-ring (bicyclic) bond motifs is 1. The molecule has 0 atom stereocenters. The minimum atomic E-state index is -3.93. The number of benzene rings is 2. The Hall–Kier alpha value is -3.32. The predicted molar refractivity (Wildman–Crippen MR) is 135 cm³/mol. The van der Waals surface area contributed by atoms with Gasteiger partial charge in [0.25, 0.3) is 0 Å². The standard InChI is InChI=1S/C27H29N3O3S/c1-19-11-13-24(14-12-19)34(31,32)33-23-10-6-7-21(18-23)26-27(28-22-8-4-3-5-9-22)30-16-15-20(2)17-25(30)29-26/h6-7,10-18,22,28H,3-5,8-9H2,1-2H3. The van der Waals surface area contributed by atoms with Crippen molar-refractivity contribution in [3.05, 3.63) is 78.0 Å². The summed E-state index contributed by atoms with van der Waals surface area (Å²) in [7, 11) is -3.93. The van der Waals surface area contributed by atoms with Crippen LogP contribution in [0, 0.1) is 13.8 Å². The van der Waals surface area contributed by atoms with Gasteiger partial charge in [-0.3, -0.25) is 4.40 Å². The van der Waals surface area contributed by atoms with Crippen LogP contribution in [-0.2, 0) is 10.1 Å². The van der Waals surface area contributed by atoms with Crippen molar-refractivity contribution in [3.8, 4) is 17.0 Å². The lowest BCUT2D eigenvalue weighted by Crippen LogP contribution is -2.23. The van der Waals surface area contributed by atoms with Crippen LogP contribution in [0.25, 0.3) is 16.9 Å². The first-order chi connectivity index (χ1) is 16.4. The van der Waals surface area contributed by atoms with Crippen molar-refractivity contribution in [1.29, 1.82) is 0 Å². The molecule has 1 N–H and O–H groups in total. The molecular weight excluding hydrogens is 446 g/mol. The molecule has 1 fully saturated rings. The maximum atomic E-state index is 12.8. The van der Waals surface area contributed by atoms with E-state index in [9.17, 15) is 8.42 Å². The molecule has 0 spiro atoms. The Morgan fingerprint density at radius 2 is 1.71 bits per heavy atom. The van der Waals surface area contributed by atoms with E-state index in [1.165, 1.54) is 19.3 Å². The first-order valence-corrected chi connectivity index (χ1v) is 13.2. The van der Waals surface area contributed by atoms with Gasteiger partial charge in [0.2, 0.25) is 0 Å². The molecule has 34 heavy (non-hydrogen) atoms. The Morgan fingerprint density at radius 3 is 2.47 bits per heavy atom. The SMILES string of the molecule is Cc1ccc(S(=O)(=O)Oc2cccc(-c3nc4cc(C)ccn4c3NC3CCCCC3)c2)cc1. The van der Waals surface area contributed by atoms with Crippen LogP contribution in [0.15, 0.2) is 71.8 Å². The summed E-state index contributed by atoms with van der Waals surface area (Å²) in [5, 5.41) is 3.73. The van der Waals surface area contributed by atoms with Gasteiger partial charge in [-0.1, -0.05) is 49.1 Å². The van der Waals surface area contributed by atoms with Crippen LogP contribution < -0.4 is 9.50 Å². The Labute approximate surface area is 200 Å². The van der Waals surface area contributed by atoms with Gasteiger partial charge < -0.3 is 9.50 Å². The summed E-state index contributed by atoms with van der Waals surface area (Å²) >= 11 is 0. The summed E-state index contributed by atoms with van der Waals surface area (Å²) in [5.74, 6) is 1.19. The van der Waals surface area contributed by atoms with Crippen molar-refractivity contribution in [3.63, 3.8) is 0 Å². The van der Waals surface area contributed by atoms with Gasteiger partial charge in [-0.05, 0) is 68.7 Å². The molecule has 7 heteroatoms. The Bertz CT molecular complexity index is 1420. The Kier molecular flexibility index (Phi) is 6.04. The van der Waals surface area contributed by atoms with Crippen molar-refractivity contribution < 1.29 is 12.6 Å². The van der Waals surface area contributed by atoms with Gasteiger partial charge in [0.15, 0.2) is 0 Å². The molecule has 0 aliphatic heterocycles. The molecule has 0 radical (unpaired) electrons. The first kappa shape index (κ1) is 22.5. The lowest BCUT2D eigenvalue weighted by Gasteiger charge is -2.24. The highest BCUT2D eigenvalue weighted by Gasteiger charge is 2.21. The summed E-state index contributed by atoms with van der Waals surface area (Å²) in [6, 6.07) is 18.3. The fourth-order valence-corrected chi connectivity index (χ4v) is 5.42. The Morgan fingerprint density at radius 1 is 0.941 bits per heavy atom. The van der Waals surface area contributed by atoms with E-state index in [4.69, 9.17) is 9.17 Å². The van der Waals surface area contributed by atoms with Crippen molar-refractivity contribution in [1.82, 2.24) is 9.38 Å². The van der Waals surface area contributed by atoms with Crippen molar-refractivity contribution in [2.45, 2.75) is 56.9 Å². The average molecular weight is 476 g/mol. The number of nitrogens with one attached hydrogen (secondary N) is 1. The van der Waals surface area contributed by atoms with Gasteiger partial charge in [0.05, 0.1) is 0 Å². The second-order valence-electron chi connectivity index (χ2n) is 9.10. The maximum Gasteiger partial charge on any atom is 0.339 e. The molecule has 1 aliphatic rings. The minimum Gasteiger partial charge on any atom is -0.379 e. The zero-order valence-corrected chi connectivity index (χ0v) is 20.3. The molecule has 0 unspecified atom stereocenters. The molecule has 4 aromatic rings. The van der Waals surface area contributed by atoms with Crippen LogP contribution in [0.2, 0.25) is 0 Å². The first-order valence-electron chi connectivity index (χ1n) is 11.8. The van der Waals surface area contributed by atoms with E-state index >= 15 is 0 Å². The fraction of sp³-hybridized carbons (Fsp3) is 0.296. The van der Waals surface area contributed by atoms with E-state index in [1.54, 1.807) is 42.5 Å². The van der Waals surface area contributed by atoms with E-state index in [-0.39, 0.29) is 10.6 Å². The smallest absolute Gasteiger partial charge is 0.339 e. The monoisotopic (exact) mass is 475 g/mol. The maximum absolute atomic E-state index is 12.8. The average Bonchev–Trinajstić information content (AvgIpc) is 3.17. The number of hydrogen-bond acceptors (Lipinski definition) is 5. The summed E-state index contributed by atoms with van der Waals surface area (Å²) in [6.07, 6.45) is 8.04. The molecule has 0 bridgehead atoms.